The summed E-state index contributed by atoms with van der Waals surface area (Å²) in [6.07, 6.45) is 1.35. The first-order valence-corrected chi connectivity index (χ1v) is 9.57. The van der Waals surface area contributed by atoms with Crippen molar-refractivity contribution in [2.45, 2.75) is 57.2 Å². The normalized spacial score (nSPS) is 15.0. The number of hydrogen-bond donors (Lipinski definition) is 1. The van der Waals surface area contributed by atoms with E-state index in [9.17, 15) is 0 Å². The summed E-state index contributed by atoms with van der Waals surface area (Å²) in [7, 11) is -0.907. The quantitative estimate of drug-likeness (QED) is 0.420. The summed E-state index contributed by atoms with van der Waals surface area (Å²) < 4.78 is 0. The van der Waals surface area contributed by atoms with Crippen molar-refractivity contribution in [3.8, 4) is 0 Å². The lowest BCUT2D eigenvalue weighted by molar-refractivity contribution is 0.945. The SMILES string of the molecule is CC(N)SCCC[Si](C)(C)C(C)C. The summed E-state index contributed by atoms with van der Waals surface area (Å²) in [5, 5.41) is 0.309. The molecule has 0 aliphatic rings. The van der Waals surface area contributed by atoms with Crippen molar-refractivity contribution in [2.24, 2.45) is 5.73 Å². The topological polar surface area (TPSA) is 26.0 Å². The third-order valence-electron chi connectivity index (χ3n) is 2.91. The van der Waals surface area contributed by atoms with E-state index in [1.54, 1.807) is 0 Å². The third-order valence-corrected chi connectivity index (χ3v) is 8.73. The molecule has 0 saturated carbocycles. The molecule has 1 unspecified atom stereocenters. The van der Waals surface area contributed by atoms with Crippen molar-refractivity contribution in [1.29, 1.82) is 0 Å². The summed E-state index contributed by atoms with van der Waals surface area (Å²) >= 11 is 1.88. The average molecular weight is 219 g/mol. The van der Waals surface area contributed by atoms with Crippen LogP contribution >= 0.6 is 11.8 Å². The Balaban J connectivity index is 3.52. The van der Waals surface area contributed by atoms with Crippen LogP contribution in [-0.2, 0) is 0 Å². The minimum Gasteiger partial charge on any atom is -0.320 e. The van der Waals surface area contributed by atoms with Crippen molar-refractivity contribution in [3.63, 3.8) is 0 Å². The van der Waals surface area contributed by atoms with Gasteiger partial charge in [0.05, 0.1) is 0 Å². The van der Waals surface area contributed by atoms with Crippen LogP contribution in [0, 0.1) is 0 Å². The first-order chi connectivity index (χ1) is 5.86. The van der Waals surface area contributed by atoms with Gasteiger partial charge in [0, 0.05) is 13.4 Å². The molecule has 0 aliphatic carbocycles. The van der Waals surface area contributed by atoms with Crippen molar-refractivity contribution in [1.82, 2.24) is 0 Å². The Morgan fingerprint density at radius 2 is 1.77 bits per heavy atom. The van der Waals surface area contributed by atoms with Gasteiger partial charge < -0.3 is 5.73 Å². The number of nitrogens with two attached hydrogens (primary N) is 1. The van der Waals surface area contributed by atoms with Gasteiger partial charge in [0.15, 0.2) is 0 Å². The van der Waals surface area contributed by atoms with E-state index in [0.29, 0.717) is 5.37 Å². The average Bonchev–Trinajstić information content (AvgIpc) is 1.97. The van der Waals surface area contributed by atoms with Gasteiger partial charge in [-0.3, -0.25) is 0 Å². The molecule has 80 valence electrons. The molecule has 0 amide bonds. The summed E-state index contributed by atoms with van der Waals surface area (Å²) in [5.74, 6) is 1.24. The van der Waals surface area contributed by atoms with E-state index in [0.717, 1.165) is 5.54 Å². The molecule has 0 aliphatic heterocycles. The van der Waals surface area contributed by atoms with Crippen molar-refractivity contribution in [3.05, 3.63) is 0 Å². The second-order valence-electron chi connectivity index (χ2n) is 4.82. The second kappa shape index (κ2) is 6.09. The molecule has 1 nitrogen and oxygen atoms in total. The molecule has 3 heteroatoms. The molecule has 0 aromatic rings. The molecule has 0 fully saturated rings. The fraction of sp³-hybridized carbons (Fsp3) is 1.00. The predicted octanol–water partition coefficient (Wildman–Crippen LogP) is 3.53. The van der Waals surface area contributed by atoms with E-state index in [1.807, 2.05) is 11.8 Å². The van der Waals surface area contributed by atoms with Crippen LogP contribution in [0.1, 0.15) is 27.2 Å². The molecule has 13 heavy (non-hydrogen) atoms. The number of hydrogen-bond acceptors (Lipinski definition) is 2. The lowest BCUT2D eigenvalue weighted by atomic mass is 10.5. The molecule has 0 rings (SSSR count). The summed E-state index contributed by atoms with van der Waals surface area (Å²) in [6.45, 7) is 11.8. The first-order valence-electron chi connectivity index (χ1n) is 5.23. The smallest absolute Gasteiger partial charge is 0.0499 e. The van der Waals surface area contributed by atoms with Gasteiger partial charge in [-0.05, 0) is 19.1 Å². The third kappa shape index (κ3) is 6.58. The van der Waals surface area contributed by atoms with Gasteiger partial charge in [0.25, 0.3) is 0 Å². The molecule has 1 atom stereocenters. The van der Waals surface area contributed by atoms with Crippen LogP contribution in [0.5, 0.6) is 0 Å². The fourth-order valence-corrected chi connectivity index (χ4v) is 3.69. The van der Waals surface area contributed by atoms with E-state index in [4.69, 9.17) is 5.73 Å². The zero-order valence-electron chi connectivity index (χ0n) is 9.76. The number of rotatable bonds is 6. The zero-order chi connectivity index (χ0) is 10.5. The van der Waals surface area contributed by atoms with E-state index in [2.05, 4.69) is 33.9 Å². The second-order valence-corrected chi connectivity index (χ2v) is 11.9. The Labute approximate surface area is 88.9 Å². The van der Waals surface area contributed by atoms with Crippen molar-refractivity contribution >= 4 is 19.8 Å². The number of thioether (sulfide) groups is 1. The summed E-state index contributed by atoms with van der Waals surface area (Å²) in [5.41, 5.74) is 6.59. The predicted molar refractivity (Wildman–Crippen MR) is 68.1 cm³/mol. The van der Waals surface area contributed by atoms with Crippen LogP contribution < -0.4 is 5.73 Å². The van der Waals surface area contributed by atoms with Crippen LogP contribution in [0.2, 0.25) is 24.7 Å². The highest BCUT2D eigenvalue weighted by atomic mass is 32.2. The highest BCUT2D eigenvalue weighted by Crippen LogP contribution is 2.26. The van der Waals surface area contributed by atoms with E-state index in [1.165, 1.54) is 18.2 Å². The standard InChI is InChI=1S/C10H25NSSi/c1-9(2)13(4,5)8-6-7-12-10(3)11/h9-10H,6-8,11H2,1-5H3. The largest absolute Gasteiger partial charge is 0.320 e. The molecular weight excluding hydrogens is 194 g/mol. The van der Waals surface area contributed by atoms with Gasteiger partial charge in [-0.15, -0.1) is 11.8 Å². The van der Waals surface area contributed by atoms with Crippen molar-refractivity contribution < 1.29 is 0 Å². The Morgan fingerprint density at radius 3 is 2.15 bits per heavy atom. The molecule has 0 saturated heterocycles. The Morgan fingerprint density at radius 1 is 1.23 bits per heavy atom. The van der Waals surface area contributed by atoms with Gasteiger partial charge in [0.2, 0.25) is 0 Å². The van der Waals surface area contributed by atoms with Gasteiger partial charge in [0.1, 0.15) is 0 Å². The van der Waals surface area contributed by atoms with Gasteiger partial charge >= 0.3 is 0 Å². The van der Waals surface area contributed by atoms with Gasteiger partial charge in [-0.1, -0.05) is 38.5 Å². The maximum absolute atomic E-state index is 5.68. The van der Waals surface area contributed by atoms with E-state index < -0.39 is 8.07 Å². The molecular formula is C10H25NSSi. The zero-order valence-corrected chi connectivity index (χ0v) is 11.6. The Hall–Kier alpha value is 0.527. The molecule has 2 N–H and O–H groups in total. The molecule has 0 aromatic heterocycles. The minimum absolute atomic E-state index is 0.309. The van der Waals surface area contributed by atoms with E-state index >= 15 is 0 Å². The van der Waals surface area contributed by atoms with E-state index in [-0.39, 0.29) is 0 Å². The first kappa shape index (κ1) is 13.5. The van der Waals surface area contributed by atoms with Crippen LogP contribution in [0.3, 0.4) is 0 Å². The molecule has 0 bridgehead atoms. The highest BCUT2D eigenvalue weighted by molar-refractivity contribution is 7.99. The lowest BCUT2D eigenvalue weighted by Gasteiger charge is -2.26. The van der Waals surface area contributed by atoms with Gasteiger partial charge in [-0.25, -0.2) is 0 Å². The minimum atomic E-state index is -0.907. The van der Waals surface area contributed by atoms with Crippen LogP contribution in [0.4, 0.5) is 0 Å². The maximum atomic E-state index is 5.68. The lowest BCUT2D eigenvalue weighted by Crippen LogP contribution is -2.29. The van der Waals surface area contributed by atoms with Crippen LogP contribution in [-0.4, -0.2) is 19.2 Å². The Kier molecular flexibility index (Phi) is 6.34. The van der Waals surface area contributed by atoms with Gasteiger partial charge in [-0.2, -0.15) is 0 Å². The van der Waals surface area contributed by atoms with Crippen LogP contribution in [0.25, 0.3) is 0 Å². The monoisotopic (exact) mass is 219 g/mol. The van der Waals surface area contributed by atoms with Crippen LogP contribution in [0.15, 0.2) is 0 Å². The molecule has 0 radical (unpaired) electrons. The Bertz CT molecular complexity index is 135. The van der Waals surface area contributed by atoms with Crippen molar-refractivity contribution in [2.75, 3.05) is 5.75 Å². The summed E-state index contributed by atoms with van der Waals surface area (Å²) in [6, 6.07) is 1.45. The molecule has 0 spiro atoms. The molecule has 0 aromatic carbocycles. The maximum Gasteiger partial charge on any atom is 0.0499 e. The highest BCUT2D eigenvalue weighted by Gasteiger charge is 2.23. The summed E-state index contributed by atoms with van der Waals surface area (Å²) in [4.78, 5) is 0. The fourth-order valence-electron chi connectivity index (χ4n) is 1.09. The molecule has 0 heterocycles.